The van der Waals surface area contributed by atoms with Crippen LogP contribution in [0.4, 0.5) is 5.69 Å². The first-order valence-corrected chi connectivity index (χ1v) is 8.36. The highest BCUT2D eigenvalue weighted by molar-refractivity contribution is 6.30. The Balaban J connectivity index is 1.38. The van der Waals surface area contributed by atoms with E-state index in [1.165, 1.54) is 5.69 Å². The van der Waals surface area contributed by atoms with E-state index < -0.39 is 0 Å². The molecule has 6 heteroatoms. The van der Waals surface area contributed by atoms with E-state index in [9.17, 15) is 0 Å². The van der Waals surface area contributed by atoms with Crippen LogP contribution in [-0.2, 0) is 0 Å². The zero-order valence-electron chi connectivity index (χ0n) is 13.1. The summed E-state index contributed by atoms with van der Waals surface area (Å²) in [6, 6.07) is 8.58. The number of nitrogens with zero attached hydrogens (tertiary/aromatic N) is 3. The first kappa shape index (κ1) is 15.4. The molecule has 0 amide bonds. The van der Waals surface area contributed by atoms with Gasteiger partial charge >= 0.3 is 0 Å². The minimum atomic E-state index is 0.462. The second-order valence-corrected chi connectivity index (χ2v) is 6.41. The number of hydrogen-bond acceptors (Lipinski definition) is 5. The van der Waals surface area contributed by atoms with Crippen molar-refractivity contribution in [2.75, 3.05) is 50.7 Å². The van der Waals surface area contributed by atoms with Gasteiger partial charge in [0.1, 0.15) is 0 Å². The summed E-state index contributed by atoms with van der Waals surface area (Å²) in [6.45, 7) is 9.30. The van der Waals surface area contributed by atoms with Crippen molar-refractivity contribution < 1.29 is 0 Å². The van der Waals surface area contributed by atoms with Crippen LogP contribution < -0.4 is 15.5 Å². The number of nitrogens with one attached hydrogen (secondary N) is 2. The van der Waals surface area contributed by atoms with Gasteiger partial charge in [0.2, 0.25) is 0 Å². The molecule has 2 aliphatic heterocycles. The van der Waals surface area contributed by atoms with Crippen LogP contribution in [0.15, 0.2) is 29.3 Å². The van der Waals surface area contributed by atoms with Crippen LogP contribution in [0.1, 0.15) is 6.92 Å². The van der Waals surface area contributed by atoms with Crippen molar-refractivity contribution in [1.82, 2.24) is 15.5 Å². The van der Waals surface area contributed by atoms with E-state index in [2.05, 4.69) is 38.4 Å². The predicted octanol–water partition coefficient (Wildman–Crippen LogP) is 1.40. The van der Waals surface area contributed by atoms with Crippen LogP contribution in [0.5, 0.6) is 0 Å². The first-order valence-electron chi connectivity index (χ1n) is 7.98. The van der Waals surface area contributed by atoms with Crippen LogP contribution >= 0.6 is 11.6 Å². The van der Waals surface area contributed by atoms with Gasteiger partial charge in [-0.3, -0.25) is 9.89 Å². The zero-order valence-corrected chi connectivity index (χ0v) is 13.8. The number of aliphatic imine (C=N–C) groups is 1. The normalized spacial score (nSPS) is 22.4. The van der Waals surface area contributed by atoms with Crippen LogP contribution in [0.25, 0.3) is 0 Å². The Morgan fingerprint density at radius 1 is 1.32 bits per heavy atom. The molecule has 2 aliphatic rings. The zero-order chi connectivity index (χ0) is 15.4. The standard InChI is InChI=1S/C16H24ClN5/c1-13-12-19-16(20-13)18-5-6-21-7-9-22(10-8-21)15-4-2-3-14(17)11-15/h2-4,11,13H,5-10,12H2,1H3,(H2,18,19,20). The van der Waals surface area contributed by atoms with Crippen molar-refractivity contribution in [2.24, 2.45) is 4.99 Å². The molecule has 120 valence electrons. The Morgan fingerprint density at radius 2 is 2.14 bits per heavy atom. The summed E-state index contributed by atoms with van der Waals surface area (Å²) in [5.41, 5.74) is 1.23. The van der Waals surface area contributed by atoms with Gasteiger partial charge in [-0.15, -0.1) is 0 Å². The molecule has 0 saturated carbocycles. The number of rotatable bonds is 4. The summed E-state index contributed by atoms with van der Waals surface area (Å²) in [5.74, 6) is 0.949. The molecule has 1 aromatic carbocycles. The van der Waals surface area contributed by atoms with Crippen molar-refractivity contribution in [1.29, 1.82) is 0 Å². The fourth-order valence-corrected chi connectivity index (χ4v) is 3.08. The van der Waals surface area contributed by atoms with Gasteiger partial charge in [0.15, 0.2) is 5.96 Å². The highest BCUT2D eigenvalue weighted by Crippen LogP contribution is 2.20. The van der Waals surface area contributed by atoms with E-state index in [-0.39, 0.29) is 0 Å². The van der Waals surface area contributed by atoms with E-state index in [4.69, 9.17) is 11.6 Å². The fraction of sp³-hybridized carbons (Fsp3) is 0.562. The van der Waals surface area contributed by atoms with Crippen molar-refractivity contribution in [3.8, 4) is 0 Å². The van der Waals surface area contributed by atoms with Crippen LogP contribution in [0, 0.1) is 0 Å². The maximum atomic E-state index is 6.07. The molecule has 0 bridgehead atoms. The number of anilines is 1. The molecular formula is C16H24ClN5. The number of benzene rings is 1. The van der Waals surface area contributed by atoms with Gasteiger partial charge in [0.05, 0.1) is 6.54 Å². The molecule has 0 aliphatic carbocycles. The van der Waals surface area contributed by atoms with Crippen LogP contribution in [0.2, 0.25) is 5.02 Å². The summed E-state index contributed by atoms with van der Waals surface area (Å²) in [6.07, 6.45) is 0. The molecule has 0 radical (unpaired) electrons. The van der Waals surface area contributed by atoms with Gasteiger partial charge in [0.25, 0.3) is 0 Å². The van der Waals surface area contributed by atoms with Crippen molar-refractivity contribution in [3.63, 3.8) is 0 Å². The molecular weight excluding hydrogens is 298 g/mol. The predicted molar refractivity (Wildman–Crippen MR) is 93.0 cm³/mol. The average Bonchev–Trinajstić information content (AvgIpc) is 2.93. The molecule has 0 spiro atoms. The van der Waals surface area contributed by atoms with E-state index >= 15 is 0 Å². The summed E-state index contributed by atoms with van der Waals surface area (Å²) < 4.78 is 0. The Kier molecular flexibility index (Phi) is 5.05. The third kappa shape index (κ3) is 4.05. The van der Waals surface area contributed by atoms with Gasteiger partial charge in [0, 0.05) is 56.0 Å². The largest absolute Gasteiger partial charge is 0.369 e. The fourth-order valence-electron chi connectivity index (χ4n) is 2.89. The summed E-state index contributed by atoms with van der Waals surface area (Å²) in [7, 11) is 0. The highest BCUT2D eigenvalue weighted by atomic mass is 35.5. The molecule has 1 atom stereocenters. The molecule has 2 heterocycles. The lowest BCUT2D eigenvalue weighted by atomic mass is 10.2. The quantitative estimate of drug-likeness (QED) is 0.880. The Labute approximate surface area is 137 Å². The molecule has 2 N–H and O–H groups in total. The SMILES string of the molecule is CC1CN=C(NCCN2CCN(c3cccc(Cl)c3)CC2)N1. The summed E-state index contributed by atoms with van der Waals surface area (Å²) >= 11 is 6.07. The van der Waals surface area contributed by atoms with Gasteiger partial charge in [-0.05, 0) is 25.1 Å². The Bertz CT molecular complexity index is 525. The average molecular weight is 322 g/mol. The topological polar surface area (TPSA) is 42.9 Å². The summed E-state index contributed by atoms with van der Waals surface area (Å²) in [5, 5.41) is 7.51. The van der Waals surface area contributed by atoms with E-state index in [1.807, 2.05) is 18.2 Å². The number of guanidine groups is 1. The molecule has 3 rings (SSSR count). The minimum absolute atomic E-state index is 0.462. The lowest BCUT2D eigenvalue weighted by Gasteiger charge is -2.36. The third-order valence-corrected chi connectivity index (χ3v) is 4.41. The lowest BCUT2D eigenvalue weighted by Crippen LogP contribution is -2.49. The second kappa shape index (κ2) is 7.20. The van der Waals surface area contributed by atoms with E-state index in [1.54, 1.807) is 0 Å². The number of hydrogen-bond donors (Lipinski definition) is 2. The first-order chi connectivity index (χ1) is 10.7. The maximum absolute atomic E-state index is 6.07. The molecule has 1 unspecified atom stereocenters. The van der Waals surface area contributed by atoms with Crippen LogP contribution in [0.3, 0.4) is 0 Å². The number of halogens is 1. The monoisotopic (exact) mass is 321 g/mol. The van der Waals surface area contributed by atoms with Crippen molar-refractivity contribution >= 4 is 23.2 Å². The van der Waals surface area contributed by atoms with E-state index in [0.29, 0.717) is 6.04 Å². The second-order valence-electron chi connectivity index (χ2n) is 5.97. The van der Waals surface area contributed by atoms with Crippen molar-refractivity contribution in [2.45, 2.75) is 13.0 Å². The van der Waals surface area contributed by atoms with Gasteiger partial charge in [-0.25, -0.2) is 0 Å². The van der Waals surface area contributed by atoms with Gasteiger partial charge in [-0.1, -0.05) is 17.7 Å². The molecule has 22 heavy (non-hydrogen) atoms. The Hall–Kier alpha value is -1.46. The van der Waals surface area contributed by atoms with Crippen molar-refractivity contribution in [3.05, 3.63) is 29.3 Å². The molecule has 5 nitrogen and oxygen atoms in total. The Morgan fingerprint density at radius 3 is 2.82 bits per heavy atom. The smallest absolute Gasteiger partial charge is 0.191 e. The maximum Gasteiger partial charge on any atom is 0.191 e. The molecule has 1 fully saturated rings. The van der Waals surface area contributed by atoms with Crippen LogP contribution in [-0.4, -0.2) is 62.7 Å². The molecule has 1 saturated heterocycles. The van der Waals surface area contributed by atoms with E-state index in [0.717, 1.165) is 56.8 Å². The highest BCUT2D eigenvalue weighted by Gasteiger charge is 2.17. The molecule has 1 aromatic rings. The summed E-state index contributed by atoms with van der Waals surface area (Å²) in [4.78, 5) is 9.31. The minimum Gasteiger partial charge on any atom is -0.369 e. The third-order valence-electron chi connectivity index (χ3n) is 4.17. The lowest BCUT2D eigenvalue weighted by molar-refractivity contribution is 0.261. The number of piperazine rings is 1. The van der Waals surface area contributed by atoms with Gasteiger partial charge in [-0.2, -0.15) is 0 Å². The van der Waals surface area contributed by atoms with Gasteiger partial charge < -0.3 is 15.5 Å². The molecule has 0 aromatic heterocycles.